The highest BCUT2D eigenvalue weighted by Crippen LogP contribution is 2.44. The molecule has 0 saturated carbocycles. The summed E-state index contributed by atoms with van der Waals surface area (Å²) in [6.45, 7) is 25.0. The zero-order valence-corrected chi connectivity index (χ0v) is 44.6. The van der Waals surface area contributed by atoms with Crippen LogP contribution in [0.15, 0.2) is 84.3 Å². The van der Waals surface area contributed by atoms with E-state index in [9.17, 15) is 14.7 Å². The van der Waals surface area contributed by atoms with E-state index in [4.69, 9.17) is 0 Å². The van der Waals surface area contributed by atoms with Crippen molar-refractivity contribution in [3.8, 4) is 0 Å². The van der Waals surface area contributed by atoms with Crippen molar-refractivity contribution < 1.29 is 34.6 Å². The third-order valence-electron chi connectivity index (χ3n) is 15.8. The third kappa shape index (κ3) is 8.50. The Kier molecular flexibility index (Phi) is 12.5. The molecule has 1 fully saturated rings. The molecule has 3 heterocycles. The summed E-state index contributed by atoms with van der Waals surface area (Å²) in [6, 6.07) is 23.3. The number of nitrogens with one attached hydrogen (secondary N) is 5. The van der Waals surface area contributed by atoms with Gasteiger partial charge >= 0.3 is 0 Å². The first-order valence-corrected chi connectivity index (χ1v) is 26.8. The van der Waals surface area contributed by atoms with Crippen molar-refractivity contribution in [1.29, 1.82) is 0 Å². The molecule has 5 aromatic rings. The summed E-state index contributed by atoms with van der Waals surface area (Å²) >= 11 is 0. The van der Waals surface area contributed by atoms with E-state index >= 15 is 9.90 Å². The van der Waals surface area contributed by atoms with Gasteiger partial charge in [0.25, 0.3) is 0 Å². The van der Waals surface area contributed by atoms with E-state index in [0.29, 0.717) is 74.8 Å². The molecule has 0 aromatic heterocycles. The topological polar surface area (TPSA) is 165 Å². The first-order valence-electron chi connectivity index (χ1n) is 26.8. The highest BCUT2D eigenvalue weighted by molar-refractivity contribution is 6.53. The number of hydrogen-bond acceptors (Lipinski definition) is 8. The maximum atomic E-state index is 15.1. The van der Waals surface area contributed by atoms with Crippen LogP contribution in [-0.4, -0.2) is 41.9 Å². The van der Waals surface area contributed by atoms with Gasteiger partial charge in [-0.15, -0.1) is 0 Å². The van der Waals surface area contributed by atoms with Gasteiger partial charge in [-0.25, -0.2) is 9.98 Å². The average Bonchev–Trinajstić information content (AvgIpc) is 3.86. The second-order valence-electron chi connectivity index (χ2n) is 24.0. The monoisotopic (exact) mass is 981 g/mol. The molecule has 1 saturated heterocycles. The van der Waals surface area contributed by atoms with Gasteiger partial charge < -0.3 is 31.1 Å². The minimum Gasteiger partial charge on any atom is -0.871 e. The Labute approximate surface area is 429 Å². The molecular formula is C62H72N6O5. The molecule has 0 radical (unpaired) electrons. The second-order valence-corrected chi connectivity index (χ2v) is 24.0. The van der Waals surface area contributed by atoms with Gasteiger partial charge in [-0.05, 0) is 84.0 Å². The largest absolute Gasteiger partial charge is 0.871 e. The molecule has 11 heteroatoms. The molecule has 5 aliphatic rings. The normalized spacial score (nSPS) is 19.4. The molecule has 11 nitrogen and oxygen atoms in total. The lowest BCUT2D eigenvalue weighted by Crippen LogP contribution is -2.96. The molecule has 1 amide bonds. The van der Waals surface area contributed by atoms with Crippen molar-refractivity contribution in [1.82, 2.24) is 0 Å². The van der Waals surface area contributed by atoms with Gasteiger partial charge in [-0.2, -0.15) is 0 Å². The molecule has 380 valence electrons. The van der Waals surface area contributed by atoms with Crippen LogP contribution in [-0.2, 0) is 14.4 Å². The smallest absolute Gasteiger partial charge is 0.235 e. The van der Waals surface area contributed by atoms with Gasteiger partial charge in [-0.1, -0.05) is 130 Å². The Hall–Kier alpha value is -6.75. The van der Waals surface area contributed by atoms with Gasteiger partial charge in [0, 0.05) is 83.3 Å². The van der Waals surface area contributed by atoms with Gasteiger partial charge in [0.2, 0.25) is 27.9 Å². The van der Waals surface area contributed by atoms with Crippen LogP contribution in [0.2, 0.25) is 0 Å². The number of allylic oxidation sites excluding steroid dienone is 4. The van der Waals surface area contributed by atoms with E-state index < -0.39 is 28.3 Å². The van der Waals surface area contributed by atoms with Gasteiger partial charge in [-0.3, -0.25) is 14.4 Å². The Morgan fingerprint density at radius 3 is 1.68 bits per heavy atom. The summed E-state index contributed by atoms with van der Waals surface area (Å²) in [5.74, 6) is -0.469. The summed E-state index contributed by atoms with van der Waals surface area (Å²) in [7, 11) is 0. The Morgan fingerprint density at radius 1 is 0.658 bits per heavy atom. The van der Waals surface area contributed by atoms with E-state index in [2.05, 4.69) is 98.4 Å². The predicted octanol–water partition coefficient (Wildman–Crippen LogP) is 4.81. The fraction of sp³-hybridized carbons (Fsp3) is 0.435. The number of Topliss-reactive ketones (excluding diaryl/α,β-unsaturated/α-hetero) is 2. The molecule has 10 rings (SSSR count). The predicted molar refractivity (Wildman–Crippen MR) is 288 cm³/mol. The van der Waals surface area contributed by atoms with Crippen LogP contribution in [0.25, 0.3) is 43.8 Å². The summed E-state index contributed by atoms with van der Waals surface area (Å²) in [4.78, 5) is 53.7. The second kappa shape index (κ2) is 18.3. The van der Waals surface area contributed by atoms with E-state index in [1.54, 1.807) is 6.07 Å². The van der Waals surface area contributed by atoms with Crippen LogP contribution in [0.3, 0.4) is 0 Å². The highest BCUT2D eigenvalue weighted by Gasteiger charge is 2.45. The van der Waals surface area contributed by atoms with Crippen LogP contribution >= 0.6 is 0 Å². The number of hydrogen-bond donors (Lipinski definition) is 5. The molecule has 5 aromatic carbocycles. The Bertz CT molecular complexity index is 3500. The molecule has 0 unspecified atom stereocenters. The fourth-order valence-corrected chi connectivity index (χ4v) is 12.6. The number of anilines is 4. The SMILES string of the molecule is CCC(C)(C)C(=O)Nc1cc(N2CCCC2)ccc1C1=C([O-])/C(=c2\ccc3ccc(C4=C([O-])/C(=c5\ccc6cccc7c6c5=[NH+]C(CC(C)C)(CC(C)C)N7)C4=O)c4c3c2=[NH+]C(CC(C)C)(CC(C)C)N4)C1=O. The molecule has 0 spiro atoms. The number of ketones is 2. The molecule has 73 heavy (non-hydrogen) atoms. The Morgan fingerprint density at radius 2 is 1.15 bits per heavy atom. The Balaban J connectivity index is 1.19. The number of nitrogens with zero attached hydrogens (tertiary/aromatic N) is 1. The standard InChI is InChI=1S/C62H72N6O5/c1-12-60(10,11)59(73)63-45-28-39(68-26-13-14-27-68)21-25-40(45)48-55(69)50(56(48)70)42-23-19-38-20-24-43(54-47(38)53(42)66-62(67-54,31-35(6)7)32-36(8)9)51-57(71)49(58(51)72)41-22-18-37-16-15-17-44-46(37)52(41)65-61(64-44,29-33(2)3)30-34(4)5/h15-25,28,33-36,64,67,69,71H,12-14,26-27,29-32H2,1-11H3,(H,63,73)/b49-41-,50-42-. The summed E-state index contributed by atoms with van der Waals surface area (Å²) in [5, 5.41) is 46.8. The quantitative estimate of drug-likeness (QED) is 0.106. The first kappa shape index (κ1) is 49.8. The van der Waals surface area contributed by atoms with Gasteiger partial charge in [0.15, 0.2) is 11.6 Å². The van der Waals surface area contributed by atoms with Crippen molar-refractivity contribution in [3.63, 3.8) is 0 Å². The van der Waals surface area contributed by atoms with Crippen LogP contribution in [0.5, 0.6) is 0 Å². The molecule has 5 N–H and O–H groups in total. The third-order valence-corrected chi connectivity index (χ3v) is 15.8. The van der Waals surface area contributed by atoms with Gasteiger partial charge in [0.05, 0.1) is 38.3 Å². The lowest BCUT2D eigenvalue weighted by atomic mass is 9.78. The van der Waals surface area contributed by atoms with Crippen LogP contribution in [0.4, 0.5) is 22.7 Å². The lowest BCUT2D eigenvalue weighted by Gasteiger charge is -2.37. The maximum Gasteiger partial charge on any atom is 0.235 e. The lowest BCUT2D eigenvalue weighted by molar-refractivity contribution is -0.589. The number of carbonyl (C=O) groups excluding carboxylic acids is 3. The van der Waals surface area contributed by atoms with E-state index in [1.165, 1.54) is 0 Å². The maximum absolute atomic E-state index is 15.1. The molecule has 0 atom stereocenters. The molecule has 0 bridgehead atoms. The summed E-state index contributed by atoms with van der Waals surface area (Å²) in [6.07, 6.45) is 5.74. The van der Waals surface area contributed by atoms with Crippen molar-refractivity contribution in [3.05, 3.63) is 117 Å². The van der Waals surface area contributed by atoms with E-state index in [0.717, 1.165) is 71.7 Å². The molecule has 3 aliphatic heterocycles. The van der Waals surface area contributed by atoms with Crippen molar-refractivity contribution in [2.24, 2.45) is 29.1 Å². The molecular weight excluding hydrogens is 909 g/mol. The van der Waals surface area contributed by atoms with Crippen molar-refractivity contribution in [2.45, 2.75) is 132 Å². The van der Waals surface area contributed by atoms with Crippen molar-refractivity contribution >= 4 is 84.1 Å². The van der Waals surface area contributed by atoms with E-state index in [1.807, 2.05) is 75.4 Å². The first-order chi connectivity index (χ1) is 34.6. The number of amides is 1. The van der Waals surface area contributed by atoms with Crippen LogP contribution < -0.4 is 62.2 Å². The zero-order valence-electron chi connectivity index (χ0n) is 44.6. The minimum absolute atomic E-state index is 0.0402. The average molecular weight is 981 g/mol. The number of benzene rings is 5. The summed E-state index contributed by atoms with van der Waals surface area (Å²) in [5.41, 5.74) is 2.34. The van der Waals surface area contributed by atoms with Crippen LogP contribution in [0, 0.1) is 29.1 Å². The molecule has 2 aliphatic carbocycles. The zero-order chi connectivity index (χ0) is 52.1. The minimum atomic E-state index is -0.776. The van der Waals surface area contributed by atoms with E-state index in [-0.39, 0.29) is 51.6 Å². The highest BCUT2D eigenvalue weighted by atomic mass is 16.3. The van der Waals surface area contributed by atoms with Gasteiger partial charge in [0.1, 0.15) is 0 Å². The number of rotatable bonds is 14. The van der Waals surface area contributed by atoms with Crippen molar-refractivity contribution in [2.75, 3.05) is 33.9 Å². The number of carbonyl (C=O) groups is 3. The van der Waals surface area contributed by atoms with Crippen LogP contribution in [0.1, 0.15) is 132 Å². The summed E-state index contributed by atoms with van der Waals surface area (Å²) < 4.78 is 0. The fourth-order valence-electron chi connectivity index (χ4n) is 12.6.